The van der Waals surface area contributed by atoms with E-state index >= 15 is 0 Å². The van der Waals surface area contributed by atoms with Gasteiger partial charge in [-0.3, -0.25) is 0 Å². The zero-order valence-electron chi connectivity index (χ0n) is 12.8. The van der Waals surface area contributed by atoms with Crippen LogP contribution in [0, 0.1) is 6.92 Å². The maximum atomic E-state index is 6.31. The molecule has 3 aromatic carbocycles. The van der Waals surface area contributed by atoms with E-state index in [2.05, 4.69) is 67.6 Å². The summed E-state index contributed by atoms with van der Waals surface area (Å²) in [6.07, 6.45) is 1.90. The lowest BCUT2D eigenvalue weighted by Crippen LogP contribution is -2.01. The molecule has 0 bridgehead atoms. The monoisotopic (exact) mass is 285 g/mol. The van der Waals surface area contributed by atoms with E-state index in [1.54, 1.807) is 0 Å². The normalized spacial score (nSPS) is 12.0. The summed E-state index contributed by atoms with van der Waals surface area (Å²) < 4.78 is 0. The first-order valence-corrected chi connectivity index (χ1v) is 7.76. The molecule has 2 N–H and O–H groups in total. The van der Waals surface area contributed by atoms with E-state index in [0.29, 0.717) is 0 Å². The highest BCUT2D eigenvalue weighted by Gasteiger charge is 2.22. The summed E-state index contributed by atoms with van der Waals surface area (Å²) in [5.74, 6) is 0. The van der Waals surface area contributed by atoms with Gasteiger partial charge in [0.2, 0.25) is 0 Å². The number of hydrogen-bond donors (Lipinski definition) is 1. The number of nitrogens with two attached hydrogens (primary N) is 1. The molecule has 1 aliphatic rings. The van der Waals surface area contributed by atoms with Crippen molar-refractivity contribution in [2.24, 2.45) is 0 Å². The molecule has 0 saturated heterocycles. The summed E-state index contributed by atoms with van der Waals surface area (Å²) >= 11 is 0. The molecule has 0 amide bonds. The topological polar surface area (TPSA) is 26.0 Å². The van der Waals surface area contributed by atoms with Gasteiger partial charge in [0, 0.05) is 5.69 Å². The minimum Gasteiger partial charge on any atom is -0.398 e. The van der Waals surface area contributed by atoms with Gasteiger partial charge in [-0.25, -0.2) is 0 Å². The third-order valence-electron chi connectivity index (χ3n) is 4.64. The average molecular weight is 285 g/mol. The Bertz CT molecular complexity index is 844. The molecule has 0 heterocycles. The largest absolute Gasteiger partial charge is 0.398 e. The molecule has 0 aliphatic heterocycles. The molecule has 0 spiro atoms. The SMILES string of the molecule is Cc1ccc(Cc2c(N)ccc3c2Cc2ccccc2-3)cc1. The first-order chi connectivity index (χ1) is 10.7. The third-order valence-corrected chi connectivity index (χ3v) is 4.64. The molecular formula is C21H19N. The molecule has 1 aliphatic carbocycles. The van der Waals surface area contributed by atoms with Gasteiger partial charge in [-0.05, 0) is 59.2 Å². The number of aryl methyl sites for hydroxylation is 1. The molecule has 1 nitrogen and oxygen atoms in total. The predicted octanol–water partition coefficient (Wildman–Crippen LogP) is 4.74. The molecule has 0 unspecified atom stereocenters. The second kappa shape index (κ2) is 5.03. The number of hydrogen-bond acceptors (Lipinski definition) is 1. The van der Waals surface area contributed by atoms with E-state index in [1.165, 1.54) is 38.9 Å². The van der Waals surface area contributed by atoms with Crippen LogP contribution >= 0.6 is 0 Å². The van der Waals surface area contributed by atoms with E-state index in [1.807, 2.05) is 0 Å². The summed E-state index contributed by atoms with van der Waals surface area (Å²) in [6.45, 7) is 2.12. The summed E-state index contributed by atoms with van der Waals surface area (Å²) in [5.41, 5.74) is 16.7. The van der Waals surface area contributed by atoms with Crippen molar-refractivity contribution < 1.29 is 0 Å². The van der Waals surface area contributed by atoms with Crippen molar-refractivity contribution in [2.45, 2.75) is 19.8 Å². The van der Waals surface area contributed by atoms with E-state index in [9.17, 15) is 0 Å². The van der Waals surface area contributed by atoms with Crippen LogP contribution in [0.4, 0.5) is 5.69 Å². The van der Waals surface area contributed by atoms with Crippen LogP contribution in [0.3, 0.4) is 0 Å². The van der Waals surface area contributed by atoms with Crippen molar-refractivity contribution in [1.82, 2.24) is 0 Å². The molecule has 0 aromatic heterocycles. The maximum Gasteiger partial charge on any atom is 0.0353 e. The van der Waals surface area contributed by atoms with Crippen molar-refractivity contribution >= 4 is 5.69 Å². The van der Waals surface area contributed by atoms with Crippen molar-refractivity contribution in [1.29, 1.82) is 0 Å². The first kappa shape index (κ1) is 13.1. The minimum atomic E-state index is 0.906. The van der Waals surface area contributed by atoms with Crippen LogP contribution in [0.1, 0.15) is 27.8 Å². The summed E-state index contributed by atoms with van der Waals surface area (Å²) in [5, 5.41) is 0. The van der Waals surface area contributed by atoms with E-state index in [4.69, 9.17) is 5.73 Å². The number of rotatable bonds is 2. The lowest BCUT2D eigenvalue weighted by Gasteiger charge is -2.12. The highest BCUT2D eigenvalue weighted by atomic mass is 14.6. The van der Waals surface area contributed by atoms with Gasteiger partial charge in [-0.2, -0.15) is 0 Å². The molecule has 22 heavy (non-hydrogen) atoms. The van der Waals surface area contributed by atoms with Crippen LogP contribution in [-0.4, -0.2) is 0 Å². The molecule has 4 rings (SSSR count). The fraction of sp³-hybridized carbons (Fsp3) is 0.143. The highest BCUT2D eigenvalue weighted by Crippen LogP contribution is 2.40. The van der Waals surface area contributed by atoms with Gasteiger partial charge >= 0.3 is 0 Å². The van der Waals surface area contributed by atoms with Crippen molar-refractivity contribution in [3.63, 3.8) is 0 Å². The second-order valence-electron chi connectivity index (χ2n) is 6.16. The molecule has 0 saturated carbocycles. The van der Waals surface area contributed by atoms with Gasteiger partial charge in [0.05, 0.1) is 0 Å². The molecule has 3 aromatic rings. The number of nitrogen functional groups attached to an aromatic ring is 1. The van der Waals surface area contributed by atoms with Crippen LogP contribution in [0.15, 0.2) is 60.7 Å². The van der Waals surface area contributed by atoms with Crippen LogP contribution in [0.5, 0.6) is 0 Å². The van der Waals surface area contributed by atoms with Gasteiger partial charge < -0.3 is 5.73 Å². The van der Waals surface area contributed by atoms with Gasteiger partial charge in [0.1, 0.15) is 0 Å². The van der Waals surface area contributed by atoms with Crippen molar-refractivity contribution in [2.75, 3.05) is 5.73 Å². The fourth-order valence-electron chi connectivity index (χ4n) is 3.41. The van der Waals surface area contributed by atoms with Crippen molar-refractivity contribution in [3.05, 3.63) is 88.5 Å². The summed E-state index contributed by atoms with van der Waals surface area (Å²) in [4.78, 5) is 0. The average Bonchev–Trinajstić information content (AvgIpc) is 2.91. The molecule has 0 radical (unpaired) electrons. The van der Waals surface area contributed by atoms with Crippen LogP contribution < -0.4 is 5.73 Å². The highest BCUT2D eigenvalue weighted by molar-refractivity contribution is 5.80. The number of benzene rings is 3. The Morgan fingerprint density at radius 1 is 0.864 bits per heavy atom. The standard InChI is InChI=1S/C21H19N/c1-14-6-8-15(9-7-14)12-20-19-13-16-4-2-3-5-17(16)18(19)10-11-21(20)22/h2-11H,12-13,22H2,1H3. The van der Waals surface area contributed by atoms with E-state index in [-0.39, 0.29) is 0 Å². The van der Waals surface area contributed by atoms with Gasteiger partial charge in [-0.15, -0.1) is 0 Å². The number of anilines is 1. The van der Waals surface area contributed by atoms with Crippen LogP contribution in [0.2, 0.25) is 0 Å². The first-order valence-electron chi connectivity index (χ1n) is 7.76. The zero-order chi connectivity index (χ0) is 15.1. The Morgan fingerprint density at radius 3 is 2.45 bits per heavy atom. The Labute approximate surface area is 131 Å². The number of fused-ring (bicyclic) bond motifs is 3. The fourth-order valence-corrected chi connectivity index (χ4v) is 3.41. The molecule has 0 atom stereocenters. The maximum absolute atomic E-state index is 6.31. The smallest absolute Gasteiger partial charge is 0.0353 e. The third kappa shape index (κ3) is 2.10. The Hall–Kier alpha value is -2.54. The summed E-state index contributed by atoms with van der Waals surface area (Å²) in [6, 6.07) is 21.7. The molecule has 108 valence electrons. The molecule has 0 fully saturated rings. The summed E-state index contributed by atoms with van der Waals surface area (Å²) in [7, 11) is 0. The molecular weight excluding hydrogens is 266 g/mol. The lowest BCUT2D eigenvalue weighted by atomic mass is 9.94. The minimum absolute atomic E-state index is 0.906. The Kier molecular flexibility index (Phi) is 3.00. The Balaban J connectivity index is 1.80. The van der Waals surface area contributed by atoms with E-state index in [0.717, 1.165) is 18.5 Å². The van der Waals surface area contributed by atoms with Crippen LogP contribution in [0.25, 0.3) is 11.1 Å². The predicted molar refractivity (Wildman–Crippen MR) is 93.1 cm³/mol. The zero-order valence-corrected chi connectivity index (χ0v) is 12.8. The van der Waals surface area contributed by atoms with Crippen molar-refractivity contribution in [3.8, 4) is 11.1 Å². The molecule has 1 heteroatoms. The van der Waals surface area contributed by atoms with Crippen LogP contribution in [-0.2, 0) is 12.8 Å². The quantitative estimate of drug-likeness (QED) is 0.529. The van der Waals surface area contributed by atoms with Gasteiger partial charge in [0.15, 0.2) is 0 Å². The second-order valence-corrected chi connectivity index (χ2v) is 6.16. The van der Waals surface area contributed by atoms with E-state index < -0.39 is 0 Å². The van der Waals surface area contributed by atoms with Gasteiger partial charge in [-0.1, -0.05) is 60.2 Å². The lowest BCUT2D eigenvalue weighted by molar-refractivity contribution is 1.12. The van der Waals surface area contributed by atoms with Gasteiger partial charge in [0.25, 0.3) is 0 Å². The Morgan fingerprint density at radius 2 is 1.64 bits per heavy atom.